The van der Waals surface area contributed by atoms with Crippen molar-refractivity contribution in [1.82, 2.24) is 4.31 Å². The van der Waals surface area contributed by atoms with E-state index in [0.717, 1.165) is 41.3 Å². The summed E-state index contributed by atoms with van der Waals surface area (Å²) in [4.78, 5) is 14.8. The molecule has 1 aliphatic heterocycles. The molecule has 4 rings (SSSR count). The number of likely N-dealkylation sites (N-methyl/N-ethyl adjacent to an activating group) is 1. The molecule has 6 heteroatoms. The summed E-state index contributed by atoms with van der Waals surface area (Å²) in [6.07, 6.45) is 3.11. The Hall–Kier alpha value is -2.70. The van der Waals surface area contributed by atoms with Crippen LogP contribution in [0.4, 0.5) is 5.69 Å². The van der Waals surface area contributed by atoms with Crippen LogP contribution in [0.2, 0.25) is 0 Å². The number of fused-ring (bicyclic) bond motifs is 1. The van der Waals surface area contributed by atoms with Gasteiger partial charge in [0.1, 0.15) is 0 Å². The molecule has 1 heterocycles. The number of nitrogens with zero attached hydrogens (tertiary/aromatic N) is 2. The van der Waals surface area contributed by atoms with Gasteiger partial charge in [0.2, 0.25) is 15.9 Å². The van der Waals surface area contributed by atoms with Crippen molar-refractivity contribution in [2.45, 2.75) is 30.6 Å². The number of hydrogen-bond donors (Lipinski definition) is 0. The van der Waals surface area contributed by atoms with E-state index in [1.54, 1.807) is 40.5 Å². The summed E-state index contributed by atoms with van der Waals surface area (Å²) in [7, 11) is -1.68. The zero-order chi connectivity index (χ0) is 21.1. The molecule has 0 saturated carbocycles. The van der Waals surface area contributed by atoms with Crippen molar-refractivity contribution in [2.75, 3.05) is 25.0 Å². The second-order valence-corrected chi connectivity index (χ2v) is 9.67. The second-order valence-electron chi connectivity index (χ2n) is 7.74. The van der Waals surface area contributed by atoms with Crippen LogP contribution >= 0.6 is 0 Å². The molecular weight excluding hydrogens is 396 g/mol. The van der Waals surface area contributed by atoms with Gasteiger partial charge in [0.25, 0.3) is 0 Å². The van der Waals surface area contributed by atoms with Crippen molar-refractivity contribution in [3.63, 3.8) is 0 Å². The number of carbonyl (C=O) groups is 1. The van der Waals surface area contributed by atoms with Crippen LogP contribution < -0.4 is 4.90 Å². The molecule has 0 aromatic heterocycles. The van der Waals surface area contributed by atoms with Crippen LogP contribution in [0.5, 0.6) is 0 Å². The van der Waals surface area contributed by atoms with E-state index in [2.05, 4.69) is 0 Å². The third kappa shape index (κ3) is 4.11. The van der Waals surface area contributed by atoms with Crippen molar-refractivity contribution in [2.24, 2.45) is 0 Å². The quantitative estimate of drug-likeness (QED) is 0.619. The van der Waals surface area contributed by atoms with Crippen LogP contribution in [0.25, 0.3) is 10.8 Å². The summed E-state index contributed by atoms with van der Waals surface area (Å²) < 4.78 is 27.1. The van der Waals surface area contributed by atoms with Gasteiger partial charge in [0.05, 0.1) is 17.0 Å². The molecule has 0 radical (unpaired) electrons. The van der Waals surface area contributed by atoms with Crippen LogP contribution in [-0.2, 0) is 21.2 Å². The molecule has 156 valence electrons. The third-order valence-electron chi connectivity index (χ3n) is 5.73. The van der Waals surface area contributed by atoms with Gasteiger partial charge in [-0.15, -0.1) is 0 Å². The van der Waals surface area contributed by atoms with Gasteiger partial charge in [0, 0.05) is 25.5 Å². The van der Waals surface area contributed by atoms with Gasteiger partial charge in [-0.3, -0.25) is 4.79 Å². The second kappa shape index (κ2) is 8.58. The third-order valence-corrected chi connectivity index (χ3v) is 7.65. The minimum absolute atomic E-state index is 0.0435. The van der Waals surface area contributed by atoms with Crippen LogP contribution in [0.1, 0.15) is 24.8 Å². The molecule has 0 spiro atoms. The lowest BCUT2D eigenvalue weighted by Gasteiger charge is -2.26. The van der Waals surface area contributed by atoms with E-state index in [1.807, 2.05) is 42.5 Å². The summed E-state index contributed by atoms with van der Waals surface area (Å²) in [6.45, 7) is 1.16. The lowest BCUT2D eigenvalue weighted by molar-refractivity contribution is -0.117. The minimum atomic E-state index is -3.45. The fourth-order valence-corrected chi connectivity index (χ4v) is 5.48. The summed E-state index contributed by atoms with van der Waals surface area (Å²) in [5.41, 5.74) is 1.66. The van der Waals surface area contributed by atoms with Crippen molar-refractivity contribution in [1.29, 1.82) is 0 Å². The number of benzene rings is 3. The molecule has 5 nitrogen and oxygen atoms in total. The first-order valence-electron chi connectivity index (χ1n) is 10.3. The number of sulfonamides is 1. The number of hydrogen-bond acceptors (Lipinski definition) is 3. The van der Waals surface area contributed by atoms with E-state index >= 15 is 0 Å². The van der Waals surface area contributed by atoms with Gasteiger partial charge >= 0.3 is 0 Å². The first kappa shape index (κ1) is 20.6. The molecule has 1 fully saturated rings. The molecule has 3 aromatic carbocycles. The Morgan fingerprint density at radius 1 is 0.900 bits per heavy atom. The van der Waals surface area contributed by atoms with Crippen LogP contribution in [0.15, 0.2) is 71.6 Å². The molecule has 0 atom stereocenters. The normalized spacial score (nSPS) is 15.2. The van der Waals surface area contributed by atoms with E-state index in [1.165, 1.54) is 0 Å². The fraction of sp³-hybridized carbons (Fsp3) is 0.292. The van der Waals surface area contributed by atoms with Crippen molar-refractivity contribution >= 4 is 32.4 Å². The molecule has 30 heavy (non-hydrogen) atoms. The Kier molecular flexibility index (Phi) is 5.88. The van der Waals surface area contributed by atoms with E-state index in [4.69, 9.17) is 0 Å². The Morgan fingerprint density at radius 2 is 1.57 bits per heavy atom. The minimum Gasteiger partial charge on any atom is -0.315 e. The van der Waals surface area contributed by atoms with Gasteiger partial charge in [-0.1, -0.05) is 55.0 Å². The lowest BCUT2D eigenvalue weighted by atomic mass is 10.1. The number of piperidine rings is 1. The average Bonchev–Trinajstić information content (AvgIpc) is 2.79. The van der Waals surface area contributed by atoms with Gasteiger partial charge in [-0.2, -0.15) is 4.31 Å². The predicted octanol–water partition coefficient (Wildman–Crippen LogP) is 4.22. The van der Waals surface area contributed by atoms with E-state index in [-0.39, 0.29) is 12.3 Å². The number of anilines is 1. The average molecular weight is 423 g/mol. The molecule has 0 bridgehead atoms. The molecular formula is C24H26N2O3S. The lowest BCUT2D eigenvalue weighted by Crippen LogP contribution is -2.35. The zero-order valence-electron chi connectivity index (χ0n) is 17.1. The van der Waals surface area contributed by atoms with Crippen molar-refractivity contribution in [3.8, 4) is 0 Å². The molecule has 3 aromatic rings. The van der Waals surface area contributed by atoms with Crippen LogP contribution in [0.3, 0.4) is 0 Å². The standard InChI is InChI=1S/C24H26N2O3S/c1-25(23-11-7-9-20-8-3-4-10-22(20)23)24(27)18-19-12-14-21(15-13-19)30(28,29)26-16-5-2-6-17-26/h3-4,7-15H,2,5-6,16-18H2,1H3. The highest BCUT2D eigenvalue weighted by molar-refractivity contribution is 7.89. The maximum atomic E-state index is 12.9. The maximum absolute atomic E-state index is 12.9. The van der Waals surface area contributed by atoms with E-state index in [0.29, 0.717) is 18.0 Å². The Labute approximate surface area is 178 Å². The smallest absolute Gasteiger partial charge is 0.243 e. The molecule has 1 aliphatic rings. The molecule has 1 saturated heterocycles. The first-order valence-corrected chi connectivity index (χ1v) is 11.7. The van der Waals surface area contributed by atoms with Crippen molar-refractivity contribution in [3.05, 3.63) is 72.3 Å². The van der Waals surface area contributed by atoms with Gasteiger partial charge in [-0.05, 0) is 42.0 Å². The van der Waals surface area contributed by atoms with Gasteiger partial charge in [-0.25, -0.2) is 8.42 Å². The summed E-state index contributed by atoms with van der Waals surface area (Å²) in [5.74, 6) is -0.0435. The van der Waals surface area contributed by atoms with Crippen LogP contribution in [-0.4, -0.2) is 38.8 Å². The Bertz CT molecular complexity index is 1150. The topological polar surface area (TPSA) is 57.7 Å². The van der Waals surface area contributed by atoms with Crippen LogP contribution in [0, 0.1) is 0 Å². The summed E-state index contributed by atoms with van der Waals surface area (Å²) in [6, 6.07) is 20.6. The highest BCUT2D eigenvalue weighted by Gasteiger charge is 2.25. The number of amides is 1. The Balaban J connectivity index is 1.49. The summed E-state index contributed by atoms with van der Waals surface area (Å²) in [5, 5.41) is 2.11. The largest absolute Gasteiger partial charge is 0.315 e. The van der Waals surface area contributed by atoms with Gasteiger partial charge in [0.15, 0.2) is 0 Å². The zero-order valence-corrected chi connectivity index (χ0v) is 17.9. The van der Waals surface area contributed by atoms with E-state index < -0.39 is 10.0 Å². The molecule has 0 aliphatic carbocycles. The fourth-order valence-electron chi connectivity index (χ4n) is 3.96. The molecule has 0 N–H and O–H groups in total. The van der Waals surface area contributed by atoms with Gasteiger partial charge < -0.3 is 4.90 Å². The van der Waals surface area contributed by atoms with Crippen molar-refractivity contribution < 1.29 is 13.2 Å². The Morgan fingerprint density at radius 3 is 2.30 bits per heavy atom. The molecule has 1 amide bonds. The monoisotopic (exact) mass is 422 g/mol. The molecule has 0 unspecified atom stereocenters. The number of rotatable bonds is 5. The highest BCUT2D eigenvalue weighted by atomic mass is 32.2. The highest BCUT2D eigenvalue weighted by Crippen LogP contribution is 2.26. The predicted molar refractivity (Wildman–Crippen MR) is 120 cm³/mol. The summed E-state index contributed by atoms with van der Waals surface area (Å²) >= 11 is 0. The number of carbonyl (C=O) groups excluding carboxylic acids is 1. The first-order chi connectivity index (χ1) is 14.5. The van der Waals surface area contributed by atoms with E-state index in [9.17, 15) is 13.2 Å². The maximum Gasteiger partial charge on any atom is 0.243 e. The SMILES string of the molecule is CN(C(=O)Cc1ccc(S(=O)(=O)N2CCCCC2)cc1)c1cccc2ccccc12.